The number of rotatable bonds is 3. The van der Waals surface area contributed by atoms with Gasteiger partial charge < -0.3 is 20.1 Å². The van der Waals surface area contributed by atoms with Crippen molar-refractivity contribution in [1.82, 2.24) is 10.2 Å². The molecule has 140 valence electrons. The molecule has 3 atom stereocenters. The van der Waals surface area contributed by atoms with Crippen molar-refractivity contribution < 1.29 is 14.6 Å². The Morgan fingerprint density at radius 1 is 1.46 bits per heavy atom. The fourth-order valence-corrected chi connectivity index (χ4v) is 5.25. The van der Waals surface area contributed by atoms with E-state index in [1.807, 2.05) is 24.0 Å². The maximum atomic E-state index is 12.8. The van der Waals surface area contributed by atoms with Crippen molar-refractivity contribution in [1.29, 1.82) is 0 Å². The third kappa shape index (κ3) is 3.33. The highest BCUT2D eigenvalue weighted by molar-refractivity contribution is 7.17. The van der Waals surface area contributed by atoms with Crippen LogP contribution in [0.15, 0.2) is 29.6 Å². The van der Waals surface area contributed by atoms with E-state index in [4.69, 9.17) is 4.74 Å². The molecular formula is C20H26N2O3S. The van der Waals surface area contributed by atoms with E-state index in [1.165, 1.54) is 10.1 Å². The van der Waals surface area contributed by atoms with Crippen LogP contribution in [0.1, 0.15) is 31.7 Å². The fraction of sp³-hybridized carbons (Fsp3) is 0.550. The highest BCUT2D eigenvalue weighted by Gasteiger charge is 2.45. The van der Waals surface area contributed by atoms with Gasteiger partial charge in [-0.25, -0.2) is 4.79 Å². The normalized spacial score (nSPS) is 29.2. The van der Waals surface area contributed by atoms with Crippen LogP contribution in [0.3, 0.4) is 0 Å². The summed E-state index contributed by atoms with van der Waals surface area (Å²) < 4.78 is 6.85. The third-order valence-electron chi connectivity index (χ3n) is 5.86. The van der Waals surface area contributed by atoms with Crippen molar-refractivity contribution in [2.75, 3.05) is 19.8 Å². The van der Waals surface area contributed by atoms with Crippen LogP contribution in [0.4, 0.5) is 4.79 Å². The molecule has 3 heterocycles. The van der Waals surface area contributed by atoms with Gasteiger partial charge in [-0.2, -0.15) is 0 Å². The molecule has 0 saturated carbocycles. The molecule has 2 aliphatic heterocycles. The lowest BCUT2D eigenvalue weighted by molar-refractivity contribution is -0.119. The number of nitrogens with zero attached hydrogens (tertiary/aromatic N) is 1. The number of amides is 2. The van der Waals surface area contributed by atoms with Crippen molar-refractivity contribution in [3.8, 4) is 0 Å². The highest BCUT2D eigenvalue weighted by Crippen LogP contribution is 2.36. The second-order valence-electron chi connectivity index (χ2n) is 7.61. The minimum Gasteiger partial charge on any atom is -0.390 e. The van der Waals surface area contributed by atoms with Crippen LogP contribution in [-0.4, -0.2) is 47.4 Å². The van der Waals surface area contributed by atoms with E-state index in [0.29, 0.717) is 26.2 Å². The van der Waals surface area contributed by atoms with Gasteiger partial charge >= 0.3 is 6.03 Å². The molecule has 2 amide bonds. The van der Waals surface area contributed by atoms with Crippen LogP contribution < -0.4 is 5.32 Å². The van der Waals surface area contributed by atoms with E-state index in [2.05, 4.69) is 22.8 Å². The zero-order valence-corrected chi connectivity index (χ0v) is 15.9. The molecule has 2 saturated heterocycles. The molecule has 5 nitrogen and oxygen atoms in total. The Kier molecular flexibility index (Phi) is 4.90. The van der Waals surface area contributed by atoms with Crippen LogP contribution >= 0.6 is 11.3 Å². The Morgan fingerprint density at radius 2 is 2.31 bits per heavy atom. The van der Waals surface area contributed by atoms with Crippen LogP contribution in [0, 0.1) is 5.92 Å². The zero-order valence-electron chi connectivity index (χ0n) is 15.1. The van der Waals surface area contributed by atoms with Crippen molar-refractivity contribution in [3.05, 3.63) is 35.2 Å². The van der Waals surface area contributed by atoms with Gasteiger partial charge in [0.15, 0.2) is 0 Å². The molecule has 0 spiro atoms. The van der Waals surface area contributed by atoms with E-state index in [9.17, 15) is 9.90 Å². The van der Waals surface area contributed by atoms with Crippen molar-refractivity contribution in [3.63, 3.8) is 0 Å². The number of likely N-dealkylation sites (tertiary alicyclic amines) is 1. The Balaban J connectivity index is 1.43. The quantitative estimate of drug-likeness (QED) is 0.866. The predicted octanol–water partition coefficient (Wildman–Crippen LogP) is 3.36. The maximum absolute atomic E-state index is 12.8. The van der Waals surface area contributed by atoms with E-state index in [-0.39, 0.29) is 18.0 Å². The number of aliphatic hydroxyl groups is 1. The summed E-state index contributed by atoms with van der Waals surface area (Å²) in [6.07, 6.45) is 2.54. The molecule has 0 aliphatic carbocycles. The average Bonchev–Trinajstić information content (AvgIpc) is 3.26. The van der Waals surface area contributed by atoms with Crippen molar-refractivity contribution in [2.45, 2.75) is 44.4 Å². The molecule has 0 radical (unpaired) electrons. The number of thiophene rings is 1. The lowest BCUT2D eigenvalue weighted by atomic mass is 9.79. The van der Waals surface area contributed by atoms with Crippen molar-refractivity contribution in [2.24, 2.45) is 5.92 Å². The summed E-state index contributed by atoms with van der Waals surface area (Å²) in [5.41, 5.74) is 0.387. The number of hydrogen-bond acceptors (Lipinski definition) is 4. The second kappa shape index (κ2) is 7.18. The average molecular weight is 375 g/mol. The first-order valence-electron chi connectivity index (χ1n) is 9.36. The summed E-state index contributed by atoms with van der Waals surface area (Å²) >= 11 is 1.71. The second-order valence-corrected chi connectivity index (χ2v) is 8.52. The first-order chi connectivity index (χ1) is 12.6. The minimum absolute atomic E-state index is 0.0218. The number of hydrogen-bond donors (Lipinski definition) is 2. The van der Waals surface area contributed by atoms with Crippen LogP contribution in [0.5, 0.6) is 0 Å². The number of urea groups is 1. The van der Waals surface area contributed by atoms with E-state index in [1.54, 1.807) is 11.3 Å². The third-order valence-corrected chi connectivity index (χ3v) is 6.88. The van der Waals surface area contributed by atoms with Gasteiger partial charge in [-0.05, 0) is 48.6 Å². The van der Waals surface area contributed by atoms with Gasteiger partial charge in [0.05, 0.1) is 12.2 Å². The van der Waals surface area contributed by atoms with E-state index < -0.39 is 5.60 Å². The molecule has 2 aliphatic rings. The molecule has 2 fully saturated rings. The largest absolute Gasteiger partial charge is 0.390 e. The monoisotopic (exact) mass is 374 g/mol. The first-order valence-corrected chi connectivity index (χ1v) is 10.2. The first kappa shape index (κ1) is 17.8. The molecule has 2 N–H and O–H groups in total. The number of nitrogens with one attached hydrogen (secondary N) is 1. The Morgan fingerprint density at radius 3 is 3.15 bits per heavy atom. The Bertz CT molecular complexity index is 788. The lowest BCUT2D eigenvalue weighted by Crippen LogP contribution is -2.55. The van der Waals surface area contributed by atoms with Gasteiger partial charge in [0.2, 0.25) is 0 Å². The summed E-state index contributed by atoms with van der Waals surface area (Å²) in [7, 11) is 0. The predicted molar refractivity (Wildman–Crippen MR) is 103 cm³/mol. The Hall–Kier alpha value is -1.63. The van der Waals surface area contributed by atoms with Gasteiger partial charge in [0.25, 0.3) is 0 Å². The number of benzene rings is 1. The SMILES string of the molecule is CC1(O)CCOCC1C1CCCN1C(=O)NCc1csc2ccccc12. The standard InChI is InChI=1S/C20H26N2O3S/c1-20(24)8-10-25-12-16(20)17-6-4-9-22(17)19(23)21-11-14-13-26-18-7-3-2-5-15(14)18/h2-3,5,7,13,16-17,24H,4,6,8-12H2,1H3,(H,21,23). The summed E-state index contributed by atoms with van der Waals surface area (Å²) in [4.78, 5) is 14.7. The number of carbonyl (C=O) groups excluding carboxylic acids is 1. The van der Waals surface area contributed by atoms with Gasteiger partial charge in [0, 0.05) is 36.4 Å². The molecule has 6 heteroatoms. The molecule has 3 unspecified atom stereocenters. The molecule has 1 aromatic carbocycles. The number of fused-ring (bicyclic) bond motifs is 1. The summed E-state index contributed by atoms with van der Waals surface area (Å²) in [6, 6.07) is 8.28. The van der Waals surface area contributed by atoms with Crippen LogP contribution in [0.25, 0.3) is 10.1 Å². The highest BCUT2D eigenvalue weighted by atomic mass is 32.1. The fourth-order valence-electron chi connectivity index (χ4n) is 4.28. The summed E-state index contributed by atoms with van der Waals surface area (Å²) in [6.45, 7) is 4.27. The number of ether oxygens (including phenoxy) is 1. The van der Waals surface area contributed by atoms with E-state index >= 15 is 0 Å². The molecule has 26 heavy (non-hydrogen) atoms. The summed E-state index contributed by atoms with van der Waals surface area (Å²) in [5, 5.41) is 17.2. The van der Waals surface area contributed by atoms with Crippen LogP contribution in [0.2, 0.25) is 0 Å². The van der Waals surface area contributed by atoms with Gasteiger partial charge in [-0.3, -0.25) is 0 Å². The molecule has 2 aromatic rings. The van der Waals surface area contributed by atoms with Crippen molar-refractivity contribution >= 4 is 27.5 Å². The topological polar surface area (TPSA) is 61.8 Å². The van der Waals surface area contributed by atoms with Gasteiger partial charge in [-0.1, -0.05) is 18.2 Å². The number of carbonyl (C=O) groups is 1. The molecule has 4 rings (SSSR count). The lowest BCUT2D eigenvalue weighted by Gasteiger charge is -2.43. The maximum Gasteiger partial charge on any atom is 0.317 e. The Labute approximate surface area is 158 Å². The minimum atomic E-state index is -0.769. The van der Waals surface area contributed by atoms with Crippen LogP contribution in [-0.2, 0) is 11.3 Å². The smallest absolute Gasteiger partial charge is 0.317 e. The van der Waals surface area contributed by atoms with Gasteiger partial charge in [-0.15, -0.1) is 11.3 Å². The van der Waals surface area contributed by atoms with E-state index in [0.717, 1.165) is 24.9 Å². The van der Waals surface area contributed by atoms with Gasteiger partial charge in [0.1, 0.15) is 0 Å². The molecular weight excluding hydrogens is 348 g/mol. The zero-order chi connectivity index (χ0) is 18.1. The molecule has 1 aromatic heterocycles. The molecule has 0 bridgehead atoms. The summed E-state index contributed by atoms with van der Waals surface area (Å²) in [5.74, 6) is -0.0218.